The molecule has 3 rings (SSSR count). The molecule has 0 aromatic heterocycles. The molecule has 1 aromatic rings. The normalized spacial score (nSPS) is 19.4. The summed E-state index contributed by atoms with van der Waals surface area (Å²) >= 11 is 0. The molecule has 0 saturated carbocycles. The van der Waals surface area contributed by atoms with Crippen LogP contribution in [0.4, 0.5) is 0 Å². The third kappa shape index (κ3) is 2.33. The van der Waals surface area contributed by atoms with Crippen molar-refractivity contribution >= 4 is 5.71 Å². The van der Waals surface area contributed by atoms with Crippen LogP contribution in [0.25, 0.3) is 0 Å². The summed E-state index contributed by atoms with van der Waals surface area (Å²) in [4.78, 5) is 4.72. The summed E-state index contributed by atoms with van der Waals surface area (Å²) in [5.74, 6) is 0.349. The smallest absolute Gasteiger partial charge is 0.115 e. The fraction of sp³-hybridized carbons (Fsp3) is 0.438. The molecule has 0 spiro atoms. The van der Waals surface area contributed by atoms with E-state index >= 15 is 0 Å². The zero-order chi connectivity index (χ0) is 12.4. The summed E-state index contributed by atoms with van der Waals surface area (Å²) in [5.41, 5.74) is 5.59. The van der Waals surface area contributed by atoms with Gasteiger partial charge in [0.1, 0.15) is 5.75 Å². The molecule has 0 saturated heterocycles. The maximum Gasteiger partial charge on any atom is 0.115 e. The molecule has 1 aromatic carbocycles. The Kier molecular flexibility index (Phi) is 3.18. The van der Waals surface area contributed by atoms with Crippen molar-refractivity contribution in [3.8, 4) is 5.75 Å². The third-order valence-corrected chi connectivity index (χ3v) is 3.93. The van der Waals surface area contributed by atoms with E-state index in [0.717, 1.165) is 18.5 Å². The van der Waals surface area contributed by atoms with Crippen molar-refractivity contribution in [1.82, 2.24) is 0 Å². The van der Waals surface area contributed by atoms with Gasteiger partial charge in [-0.15, -0.1) is 0 Å². The lowest BCUT2D eigenvalue weighted by Crippen LogP contribution is -2.18. The molecular formula is C16H19NO. The number of dihydropyridines is 1. The number of benzene rings is 1. The first kappa shape index (κ1) is 11.5. The maximum atomic E-state index is 9.52. The molecule has 2 nitrogen and oxygen atoms in total. The van der Waals surface area contributed by atoms with Crippen LogP contribution in [0.15, 0.2) is 40.4 Å². The van der Waals surface area contributed by atoms with Gasteiger partial charge in [0.2, 0.25) is 0 Å². The molecule has 0 bridgehead atoms. The Balaban J connectivity index is 1.84. The molecule has 1 N–H and O–H groups in total. The van der Waals surface area contributed by atoms with Gasteiger partial charge in [-0.25, -0.2) is 0 Å². The lowest BCUT2D eigenvalue weighted by Gasteiger charge is -2.25. The number of phenols is 1. The van der Waals surface area contributed by atoms with Crippen molar-refractivity contribution < 1.29 is 5.11 Å². The molecule has 1 aliphatic heterocycles. The van der Waals surface area contributed by atoms with Gasteiger partial charge in [0.25, 0.3) is 0 Å². The Morgan fingerprint density at radius 2 is 2.00 bits per heavy atom. The Morgan fingerprint density at radius 3 is 2.89 bits per heavy atom. The molecule has 0 radical (unpaired) electrons. The lowest BCUT2D eigenvalue weighted by atomic mass is 9.84. The molecule has 1 heterocycles. The number of rotatable bonds is 2. The quantitative estimate of drug-likeness (QED) is 0.842. The second-order valence-electron chi connectivity index (χ2n) is 5.21. The van der Waals surface area contributed by atoms with Crippen LogP contribution in [0.1, 0.15) is 37.7 Å². The second-order valence-corrected chi connectivity index (χ2v) is 5.21. The van der Waals surface area contributed by atoms with Gasteiger partial charge in [-0.1, -0.05) is 17.7 Å². The predicted octanol–water partition coefficient (Wildman–Crippen LogP) is 3.65. The van der Waals surface area contributed by atoms with Crippen molar-refractivity contribution in [2.45, 2.75) is 38.5 Å². The topological polar surface area (TPSA) is 32.6 Å². The fourth-order valence-electron chi connectivity index (χ4n) is 3.04. The summed E-state index contributed by atoms with van der Waals surface area (Å²) < 4.78 is 0. The van der Waals surface area contributed by atoms with Crippen LogP contribution in [0.2, 0.25) is 0 Å². The molecule has 2 heteroatoms. The van der Waals surface area contributed by atoms with Gasteiger partial charge >= 0.3 is 0 Å². The van der Waals surface area contributed by atoms with Crippen LogP contribution in [0.3, 0.4) is 0 Å². The Labute approximate surface area is 108 Å². The van der Waals surface area contributed by atoms with E-state index in [-0.39, 0.29) is 0 Å². The van der Waals surface area contributed by atoms with Gasteiger partial charge in [-0.3, -0.25) is 4.99 Å². The zero-order valence-electron chi connectivity index (χ0n) is 10.7. The highest BCUT2D eigenvalue weighted by molar-refractivity contribution is 6.02. The number of aliphatic imine (C=N–C) groups is 1. The fourth-order valence-corrected chi connectivity index (χ4v) is 3.04. The van der Waals surface area contributed by atoms with E-state index in [4.69, 9.17) is 4.99 Å². The highest BCUT2D eigenvalue weighted by Crippen LogP contribution is 2.31. The molecule has 0 atom stereocenters. The first-order chi connectivity index (χ1) is 8.83. The molecule has 0 fully saturated rings. The molecule has 18 heavy (non-hydrogen) atoms. The number of aromatic hydroxyl groups is 1. The molecule has 0 amide bonds. The average Bonchev–Trinajstić information content (AvgIpc) is 2.39. The molecule has 2 aliphatic rings. The van der Waals surface area contributed by atoms with Crippen molar-refractivity contribution in [3.63, 3.8) is 0 Å². The largest absolute Gasteiger partial charge is 0.508 e. The SMILES string of the molecule is Oc1cccc(CC2=NCCC3=C2CCCC3)c1. The number of hydrogen-bond donors (Lipinski definition) is 1. The van der Waals surface area contributed by atoms with E-state index in [1.807, 2.05) is 12.1 Å². The molecule has 0 unspecified atom stereocenters. The Bertz CT molecular complexity index is 514. The minimum Gasteiger partial charge on any atom is -0.508 e. The van der Waals surface area contributed by atoms with E-state index in [1.54, 1.807) is 11.6 Å². The molecule has 94 valence electrons. The summed E-state index contributed by atoms with van der Waals surface area (Å²) in [5, 5.41) is 9.52. The number of phenolic OH excluding ortho intramolecular Hbond substituents is 1. The first-order valence-electron chi connectivity index (χ1n) is 6.85. The highest BCUT2D eigenvalue weighted by atomic mass is 16.3. The van der Waals surface area contributed by atoms with Gasteiger partial charge < -0.3 is 5.11 Å². The van der Waals surface area contributed by atoms with E-state index in [0.29, 0.717) is 5.75 Å². The van der Waals surface area contributed by atoms with Gasteiger partial charge in [0.15, 0.2) is 0 Å². The summed E-state index contributed by atoms with van der Waals surface area (Å²) in [6.07, 6.45) is 7.16. The average molecular weight is 241 g/mol. The highest BCUT2D eigenvalue weighted by Gasteiger charge is 2.20. The predicted molar refractivity (Wildman–Crippen MR) is 74.2 cm³/mol. The van der Waals surface area contributed by atoms with E-state index in [1.165, 1.54) is 43.4 Å². The van der Waals surface area contributed by atoms with E-state index in [2.05, 4.69) is 6.07 Å². The molecular weight excluding hydrogens is 222 g/mol. The summed E-state index contributed by atoms with van der Waals surface area (Å²) in [7, 11) is 0. The van der Waals surface area contributed by atoms with Crippen LogP contribution < -0.4 is 0 Å². The van der Waals surface area contributed by atoms with Crippen LogP contribution in [-0.4, -0.2) is 17.4 Å². The van der Waals surface area contributed by atoms with Gasteiger partial charge in [0.05, 0.1) is 0 Å². The van der Waals surface area contributed by atoms with Gasteiger partial charge in [-0.2, -0.15) is 0 Å². The van der Waals surface area contributed by atoms with Crippen molar-refractivity contribution in [3.05, 3.63) is 41.0 Å². The Hall–Kier alpha value is -1.57. The van der Waals surface area contributed by atoms with Crippen molar-refractivity contribution in [2.24, 2.45) is 4.99 Å². The van der Waals surface area contributed by atoms with E-state index < -0.39 is 0 Å². The Morgan fingerprint density at radius 1 is 1.11 bits per heavy atom. The van der Waals surface area contributed by atoms with Crippen LogP contribution in [-0.2, 0) is 6.42 Å². The van der Waals surface area contributed by atoms with Gasteiger partial charge in [0, 0.05) is 18.7 Å². The number of hydrogen-bond acceptors (Lipinski definition) is 2. The van der Waals surface area contributed by atoms with Crippen molar-refractivity contribution in [2.75, 3.05) is 6.54 Å². The standard InChI is InChI=1S/C16H19NO/c18-14-6-3-4-12(10-14)11-16-15-7-2-1-5-13(15)8-9-17-16/h3-4,6,10,18H,1-2,5,7-9,11H2. The molecule has 1 aliphatic carbocycles. The van der Waals surface area contributed by atoms with Crippen LogP contribution in [0, 0.1) is 0 Å². The number of nitrogens with zero attached hydrogens (tertiary/aromatic N) is 1. The van der Waals surface area contributed by atoms with Gasteiger partial charge in [-0.05, 0) is 55.4 Å². The third-order valence-electron chi connectivity index (χ3n) is 3.93. The summed E-state index contributed by atoms with van der Waals surface area (Å²) in [6, 6.07) is 7.54. The summed E-state index contributed by atoms with van der Waals surface area (Å²) in [6.45, 7) is 0.951. The van der Waals surface area contributed by atoms with E-state index in [9.17, 15) is 5.11 Å². The monoisotopic (exact) mass is 241 g/mol. The number of allylic oxidation sites excluding steroid dienone is 1. The van der Waals surface area contributed by atoms with Crippen LogP contribution >= 0.6 is 0 Å². The van der Waals surface area contributed by atoms with Crippen molar-refractivity contribution in [1.29, 1.82) is 0 Å². The zero-order valence-corrected chi connectivity index (χ0v) is 10.7. The minimum atomic E-state index is 0.349. The lowest BCUT2D eigenvalue weighted by molar-refractivity contribution is 0.475. The maximum absolute atomic E-state index is 9.52. The second kappa shape index (κ2) is 4.97. The minimum absolute atomic E-state index is 0.349. The first-order valence-corrected chi connectivity index (χ1v) is 6.85. The van der Waals surface area contributed by atoms with Crippen LogP contribution in [0.5, 0.6) is 5.75 Å².